The van der Waals surface area contributed by atoms with Crippen LogP contribution in [0.4, 0.5) is 10.1 Å². The summed E-state index contributed by atoms with van der Waals surface area (Å²) < 4.78 is 24.9. The number of fused-ring (bicyclic) bond motifs is 1. The SMILES string of the molecule is CCOC(=O)c1c(-c2ccc(F)cc2)oc2cc(NC[SiH2]C3CCCNC3C)c(C(C)=O)cc12. The number of rotatable bonds is 8. The van der Waals surface area contributed by atoms with Crippen LogP contribution in [0.2, 0.25) is 5.54 Å². The Labute approximate surface area is 201 Å². The lowest BCUT2D eigenvalue weighted by Gasteiger charge is -2.29. The number of hydrogen-bond acceptors (Lipinski definition) is 6. The molecule has 2 unspecified atom stereocenters. The fourth-order valence-corrected chi connectivity index (χ4v) is 6.72. The number of piperidine rings is 1. The summed E-state index contributed by atoms with van der Waals surface area (Å²) in [5, 5.41) is 7.54. The summed E-state index contributed by atoms with van der Waals surface area (Å²) in [4.78, 5) is 25.4. The summed E-state index contributed by atoms with van der Waals surface area (Å²) in [7, 11) is -0.411. The van der Waals surface area contributed by atoms with Gasteiger partial charge in [0, 0.05) is 50.0 Å². The zero-order valence-electron chi connectivity index (χ0n) is 19.9. The monoisotopic (exact) mass is 482 g/mol. The normalized spacial score (nSPS) is 18.5. The molecule has 3 aromatic rings. The van der Waals surface area contributed by atoms with Crippen LogP contribution >= 0.6 is 0 Å². The van der Waals surface area contributed by atoms with Gasteiger partial charge >= 0.3 is 5.97 Å². The van der Waals surface area contributed by atoms with E-state index in [1.807, 2.05) is 0 Å². The summed E-state index contributed by atoms with van der Waals surface area (Å²) in [6.07, 6.45) is 3.32. The first-order valence-corrected chi connectivity index (χ1v) is 13.7. The molecule has 2 N–H and O–H groups in total. The molecular weight excluding hydrogens is 451 g/mol. The third kappa shape index (κ3) is 5.08. The van der Waals surface area contributed by atoms with Crippen LogP contribution in [0.5, 0.6) is 0 Å². The number of esters is 1. The van der Waals surface area contributed by atoms with E-state index in [-0.39, 0.29) is 23.8 Å². The van der Waals surface area contributed by atoms with E-state index in [1.54, 1.807) is 31.2 Å². The maximum atomic E-state index is 13.5. The molecule has 4 rings (SSSR count). The number of carbonyl (C=O) groups excluding carboxylic acids is 2. The Hall–Kier alpha value is -2.97. The van der Waals surface area contributed by atoms with Crippen LogP contribution in [0.15, 0.2) is 40.8 Å². The number of halogens is 1. The molecule has 0 radical (unpaired) electrons. The molecule has 1 aliphatic heterocycles. The Morgan fingerprint density at radius 2 is 2.03 bits per heavy atom. The Balaban J connectivity index is 1.72. The van der Waals surface area contributed by atoms with Crippen LogP contribution in [-0.2, 0) is 4.74 Å². The number of benzene rings is 2. The van der Waals surface area contributed by atoms with E-state index in [2.05, 4.69) is 17.6 Å². The maximum absolute atomic E-state index is 13.5. The molecule has 2 heterocycles. The van der Waals surface area contributed by atoms with Crippen LogP contribution in [0, 0.1) is 5.82 Å². The molecule has 2 atom stereocenters. The lowest BCUT2D eigenvalue weighted by molar-refractivity contribution is 0.0528. The first-order chi connectivity index (χ1) is 16.4. The molecule has 6 nitrogen and oxygen atoms in total. The van der Waals surface area contributed by atoms with Gasteiger partial charge in [-0.3, -0.25) is 4.79 Å². The fraction of sp³-hybridized carbons (Fsp3) is 0.385. The van der Waals surface area contributed by atoms with Crippen molar-refractivity contribution in [2.75, 3.05) is 24.6 Å². The van der Waals surface area contributed by atoms with Gasteiger partial charge in [-0.05, 0) is 69.6 Å². The van der Waals surface area contributed by atoms with Crippen molar-refractivity contribution in [3.8, 4) is 11.3 Å². The van der Waals surface area contributed by atoms with Crippen LogP contribution in [0.3, 0.4) is 0 Å². The van der Waals surface area contributed by atoms with Gasteiger partial charge in [0.1, 0.15) is 22.7 Å². The van der Waals surface area contributed by atoms with E-state index >= 15 is 0 Å². The molecule has 180 valence electrons. The zero-order valence-corrected chi connectivity index (χ0v) is 21.3. The van der Waals surface area contributed by atoms with Crippen molar-refractivity contribution in [1.82, 2.24) is 5.32 Å². The molecule has 34 heavy (non-hydrogen) atoms. The third-order valence-corrected chi connectivity index (χ3v) is 8.94. The molecule has 1 fully saturated rings. The van der Waals surface area contributed by atoms with Crippen molar-refractivity contribution in [2.24, 2.45) is 0 Å². The van der Waals surface area contributed by atoms with Crippen molar-refractivity contribution in [3.05, 3.63) is 53.3 Å². The molecule has 2 aromatic carbocycles. The summed E-state index contributed by atoms with van der Waals surface area (Å²) in [6.45, 7) is 6.78. The van der Waals surface area contributed by atoms with Gasteiger partial charge in [0.15, 0.2) is 5.78 Å². The topological polar surface area (TPSA) is 80.6 Å². The van der Waals surface area contributed by atoms with Crippen molar-refractivity contribution in [1.29, 1.82) is 0 Å². The maximum Gasteiger partial charge on any atom is 0.342 e. The highest BCUT2D eigenvalue weighted by atomic mass is 28.2. The number of anilines is 1. The van der Waals surface area contributed by atoms with E-state index in [1.165, 1.54) is 31.9 Å². The Morgan fingerprint density at radius 1 is 1.26 bits per heavy atom. The van der Waals surface area contributed by atoms with E-state index < -0.39 is 15.5 Å². The highest BCUT2D eigenvalue weighted by Crippen LogP contribution is 2.37. The molecular formula is C26H31FN2O4Si. The van der Waals surface area contributed by atoms with Crippen molar-refractivity contribution in [3.63, 3.8) is 0 Å². The summed E-state index contributed by atoms with van der Waals surface area (Å²) in [6, 6.07) is 9.78. The van der Waals surface area contributed by atoms with E-state index in [0.717, 1.165) is 18.3 Å². The highest BCUT2D eigenvalue weighted by Gasteiger charge is 2.26. The summed E-state index contributed by atoms with van der Waals surface area (Å²) >= 11 is 0. The molecule has 0 amide bonds. The molecule has 0 bridgehead atoms. The molecule has 8 heteroatoms. The van der Waals surface area contributed by atoms with Crippen LogP contribution < -0.4 is 10.6 Å². The summed E-state index contributed by atoms with van der Waals surface area (Å²) in [5.41, 5.74) is 3.21. The Bertz CT molecular complexity index is 1190. The number of furan rings is 1. The molecule has 1 aliphatic rings. The summed E-state index contributed by atoms with van der Waals surface area (Å²) in [5.74, 6) is -0.716. The smallest absolute Gasteiger partial charge is 0.342 e. The lowest BCUT2D eigenvalue weighted by atomic mass is 10.0. The predicted octanol–water partition coefficient (Wildman–Crippen LogP) is 4.72. The second-order valence-corrected chi connectivity index (χ2v) is 11.0. The molecule has 0 aliphatic carbocycles. The predicted molar refractivity (Wildman–Crippen MR) is 135 cm³/mol. The van der Waals surface area contributed by atoms with Crippen LogP contribution in [-0.4, -0.2) is 46.6 Å². The second-order valence-electron chi connectivity index (χ2n) is 8.84. The first kappa shape index (κ1) is 24.2. The second kappa shape index (κ2) is 10.5. The average Bonchev–Trinajstić information content (AvgIpc) is 3.19. The van der Waals surface area contributed by atoms with Gasteiger partial charge < -0.3 is 19.8 Å². The number of ketones is 1. The fourth-order valence-electron chi connectivity index (χ4n) is 4.69. The van der Waals surface area contributed by atoms with E-state index in [4.69, 9.17) is 9.15 Å². The van der Waals surface area contributed by atoms with Gasteiger partial charge in [-0.2, -0.15) is 0 Å². The lowest BCUT2D eigenvalue weighted by Crippen LogP contribution is -2.39. The van der Waals surface area contributed by atoms with Gasteiger partial charge in [-0.25, -0.2) is 9.18 Å². The largest absolute Gasteiger partial charge is 0.462 e. The van der Waals surface area contributed by atoms with Gasteiger partial charge in [0.2, 0.25) is 0 Å². The van der Waals surface area contributed by atoms with Crippen molar-refractivity contribution < 1.29 is 23.1 Å². The number of hydrogen-bond donors (Lipinski definition) is 2. The molecule has 1 saturated heterocycles. The third-order valence-electron chi connectivity index (χ3n) is 6.55. The average molecular weight is 483 g/mol. The minimum Gasteiger partial charge on any atom is -0.462 e. The quantitative estimate of drug-likeness (QED) is 0.275. The van der Waals surface area contributed by atoms with Gasteiger partial charge in [-0.15, -0.1) is 0 Å². The standard InChI is InChI=1S/C26H31FN2O4Si/c1-4-32-26(31)24-20-12-19(16(3)30)21(29-14-34-23-6-5-11-28-15(23)2)13-22(20)33-25(24)17-7-9-18(27)10-8-17/h7-10,12-13,15,23,28-29H,4-6,11,14,34H2,1-3H3. The van der Waals surface area contributed by atoms with Crippen molar-refractivity contribution >= 4 is 37.9 Å². The molecule has 0 saturated carbocycles. The van der Waals surface area contributed by atoms with Gasteiger partial charge in [0.05, 0.1) is 6.61 Å². The molecule has 0 spiro atoms. The van der Waals surface area contributed by atoms with E-state index in [9.17, 15) is 14.0 Å². The minimum absolute atomic E-state index is 0.0990. The van der Waals surface area contributed by atoms with Crippen LogP contribution in [0.1, 0.15) is 54.3 Å². The zero-order chi connectivity index (χ0) is 24.2. The number of nitrogens with one attached hydrogen (secondary N) is 2. The number of ether oxygens (including phenoxy) is 1. The highest BCUT2D eigenvalue weighted by molar-refractivity contribution is 6.39. The Morgan fingerprint density at radius 3 is 2.71 bits per heavy atom. The van der Waals surface area contributed by atoms with E-state index in [0.29, 0.717) is 39.6 Å². The first-order valence-electron chi connectivity index (χ1n) is 11.9. The number of Topliss-reactive ketones (excluding diaryl/α,β-unsaturated/α-hetero) is 1. The van der Waals surface area contributed by atoms with Gasteiger partial charge in [0.25, 0.3) is 0 Å². The number of carbonyl (C=O) groups is 2. The van der Waals surface area contributed by atoms with Crippen molar-refractivity contribution in [2.45, 2.75) is 45.2 Å². The Kier molecular flexibility index (Phi) is 7.48. The minimum atomic E-state index is -0.540. The van der Waals surface area contributed by atoms with Gasteiger partial charge in [-0.1, -0.05) is 6.42 Å². The molecule has 1 aromatic heterocycles. The van der Waals surface area contributed by atoms with Crippen LogP contribution in [0.25, 0.3) is 22.3 Å².